The Bertz CT molecular complexity index is 1580. The van der Waals surface area contributed by atoms with Crippen molar-refractivity contribution < 1.29 is 9.53 Å². The van der Waals surface area contributed by atoms with E-state index in [0.717, 1.165) is 33.3 Å². The topological polar surface area (TPSA) is 137 Å². The number of carbonyl (C=O) groups is 1. The Morgan fingerprint density at radius 1 is 1.16 bits per heavy atom. The van der Waals surface area contributed by atoms with Crippen LogP contribution >= 0.6 is 0 Å². The van der Waals surface area contributed by atoms with E-state index >= 15 is 0 Å². The fourth-order valence-corrected chi connectivity index (χ4v) is 4.55. The fraction of sp³-hybridized carbons (Fsp3) is 0.250. The lowest BCUT2D eigenvalue weighted by atomic mass is 9.91. The van der Waals surface area contributed by atoms with Crippen molar-refractivity contribution in [1.29, 1.82) is 0 Å². The molecule has 38 heavy (non-hydrogen) atoms. The van der Waals surface area contributed by atoms with Gasteiger partial charge in [-0.1, -0.05) is 30.3 Å². The first-order valence-electron chi connectivity index (χ1n) is 12.5. The molecule has 0 aliphatic heterocycles. The van der Waals surface area contributed by atoms with Gasteiger partial charge >= 0.3 is 0 Å². The van der Waals surface area contributed by atoms with Gasteiger partial charge in [0.25, 0.3) is 0 Å². The third kappa shape index (κ3) is 4.85. The van der Waals surface area contributed by atoms with Crippen molar-refractivity contribution in [2.75, 3.05) is 19.4 Å². The molecule has 0 aliphatic carbocycles. The summed E-state index contributed by atoms with van der Waals surface area (Å²) in [6, 6.07) is 13.9. The van der Waals surface area contributed by atoms with Crippen molar-refractivity contribution >= 4 is 22.9 Å². The number of ether oxygens (including phenoxy) is 1. The van der Waals surface area contributed by atoms with E-state index in [0.29, 0.717) is 31.0 Å². The molecule has 194 valence electrons. The first-order valence-corrected chi connectivity index (χ1v) is 12.5. The van der Waals surface area contributed by atoms with Gasteiger partial charge in [0.05, 0.1) is 17.6 Å². The summed E-state index contributed by atoms with van der Waals surface area (Å²) >= 11 is 0. The van der Waals surface area contributed by atoms with Gasteiger partial charge in [-0.05, 0) is 31.5 Å². The molecular formula is C28H30N8O2. The monoisotopic (exact) mass is 510 g/mol. The molecule has 0 bridgehead atoms. The number of nitrogens with two attached hydrogens (primary N) is 1. The summed E-state index contributed by atoms with van der Waals surface area (Å²) in [6.45, 7) is 4.95. The summed E-state index contributed by atoms with van der Waals surface area (Å²) < 4.78 is 7.99. The van der Waals surface area contributed by atoms with Gasteiger partial charge in [-0.3, -0.25) is 9.48 Å². The Morgan fingerprint density at radius 2 is 1.97 bits per heavy atom. The zero-order valence-electron chi connectivity index (χ0n) is 21.6. The number of nitrogens with one attached hydrogen (secondary N) is 2. The number of benzene rings is 1. The number of pyridine rings is 1. The summed E-state index contributed by atoms with van der Waals surface area (Å²) in [5.74, 6) is 0.133. The van der Waals surface area contributed by atoms with Gasteiger partial charge < -0.3 is 20.8 Å². The van der Waals surface area contributed by atoms with Crippen LogP contribution in [-0.2, 0) is 21.7 Å². The maximum Gasteiger partial charge on any atom is 0.221 e. The predicted molar refractivity (Wildman–Crippen MR) is 146 cm³/mol. The normalized spacial score (nSPS) is 12.9. The number of carbonyl (C=O) groups excluding carboxylic acids is 1. The van der Waals surface area contributed by atoms with Gasteiger partial charge in [0.2, 0.25) is 11.9 Å². The van der Waals surface area contributed by atoms with Crippen LogP contribution in [0.4, 0.5) is 5.95 Å². The smallest absolute Gasteiger partial charge is 0.221 e. The van der Waals surface area contributed by atoms with E-state index in [2.05, 4.69) is 30.4 Å². The highest BCUT2D eigenvalue weighted by Crippen LogP contribution is 2.36. The van der Waals surface area contributed by atoms with E-state index in [4.69, 9.17) is 10.5 Å². The number of nitrogen functional groups attached to an aromatic ring is 1. The third-order valence-corrected chi connectivity index (χ3v) is 6.61. The minimum atomic E-state index is -0.805. The molecule has 1 atom stereocenters. The summed E-state index contributed by atoms with van der Waals surface area (Å²) in [7, 11) is 1.62. The van der Waals surface area contributed by atoms with Gasteiger partial charge in [0.1, 0.15) is 11.2 Å². The Kier molecular flexibility index (Phi) is 6.89. The number of rotatable bonds is 9. The molecule has 0 fully saturated rings. The van der Waals surface area contributed by atoms with Crippen molar-refractivity contribution in [2.24, 2.45) is 0 Å². The number of hydrogen-bond acceptors (Lipinski definition) is 7. The SMILES string of the molecule is CCOC(C)(c1ccccc1)c1cc(-c2c[nH]c3ncc(-c4cnn(CCC(=O)NC)c4)cc23)nc(N)n1. The number of aromatic nitrogens is 6. The van der Waals surface area contributed by atoms with E-state index < -0.39 is 5.60 Å². The lowest BCUT2D eigenvalue weighted by Gasteiger charge is -2.30. The number of aromatic amines is 1. The quantitative estimate of drug-likeness (QED) is 0.273. The predicted octanol–water partition coefficient (Wildman–Crippen LogP) is 3.90. The first kappa shape index (κ1) is 25.1. The summed E-state index contributed by atoms with van der Waals surface area (Å²) in [6.07, 6.45) is 7.71. The highest BCUT2D eigenvalue weighted by Gasteiger charge is 2.32. The number of anilines is 1. The number of aryl methyl sites for hydroxylation is 1. The van der Waals surface area contributed by atoms with Crippen LogP contribution in [0.2, 0.25) is 0 Å². The van der Waals surface area contributed by atoms with Crippen LogP contribution in [0.3, 0.4) is 0 Å². The molecule has 5 rings (SSSR count). The van der Waals surface area contributed by atoms with Crippen LogP contribution in [0.5, 0.6) is 0 Å². The third-order valence-electron chi connectivity index (χ3n) is 6.61. The Balaban J connectivity index is 1.53. The number of fused-ring (bicyclic) bond motifs is 1. The van der Waals surface area contributed by atoms with E-state index in [9.17, 15) is 4.79 Å². The minimum Gasteiger partial charge on any atom is -0.368 e. The number of nitrogens with zero attached hydrogens (tertiary/aromatic N) is 5. The number of H-pyrrole nitrogens is 1. The minimum absolute atomic E-state index is 0.0294. The van der Waals surface area contributed by atoms with E-state index in [1.165, 1.54) is 0 Å². The largest absolute Gasteiger partial charge is 0.368 e. The summed E-state index contributed by atoms with van der Waals surface area (Å²) in [5, 5.41) is 7.91. The molecule has 0 spiro atoms. The van der Waals surface area contributed by atoms with Gasteiger partial charge in [-0.25, -0.2) is 15.0 Å². The Hall–Kier alpha value is -4.57. The van der Waals surface area contributed by atoms with Crippen LogP contribution in [0.15, 0.2) is 67.3 Å². The molecule has 5 aromatic rings. The van der Waals surface area contributed by atoms with Crippen molar-refractivity contribution in [2.45, 2.75) is 32.4 Å². The van der Waals surface area contributed by atoms with E-state index in [-0.39, 0.29) is 11.9 Å². The van der Waals surface area contributed by atoms with Crippen molar-refractivity contribution in [1.82, 2.24) is 35.0 Å². The molecular weight excluding hydrogens is 480 g/mol. The van der Waals surface area contributed by atoms with Crippen molar-refractivity contribution in [3.8, 4) is 22.4 Å². The van der Waals surface area contributed by atoms with Crippen molar-refractivity contribution in [3.63, 3.8) is 0 Å². The zero-order valence-corrected chi connectivity index (χ0v) is 21.6. The lowest BCUT2D eigenvalue weighted by molar-refractivity contribution is -0.120. The fourth-order valence-electron chi connectivity index (χ4n) is 4.55. The molecule has 1 unspecified atom stereocenters. The molecule has 4 heterocycles. The van der Waals surface area contributed by atoms with Crippen LogP contribution in [0, 0.1) is 0 Å². The van der Waals surface area contributed by atoms with Gasteiger partial charge in [-0.15, -0.1) is 0 Å². The highest BCUT2D eigenvalue weighted by atomic mass is 16.5. The lowest BCUT2D eigenvalue weighted by Crippen LogP contribution is -2.29. The molecule has 1 aromatic carbocycles. The molecule has 10 heteroatoms. The highest BCUT2D eigenvalue weighted by molar-refractivity contribution is 5.95. The van der Waals surface area contributed by atoms with Gasteiger partial charge in [0, 0.05) is 67.3 Å². The number of amides is 1. The maximum absolute atomic E-state index is 11.6. The van der Waals surface area contributed by atoms with E-state index in [1.54, 1.807) is 24.1 Å². The second-order valence-electron chi connectivity index (χ2n) is 9.07. The standard InChI is InChI=1S/C28H30N8O2/c1-4-38-28(2,20-8-6-5-7-9-20)24-13-23(34-27(29)35-24)22-16-32-26-21(22)12-18(14-31-26)19-15-33-36(17-19)11-10-25(37)30-3/h5-9,12-17H,4,10-11H2,1-3H3,(H,30,37)(H,31,32)(H2,29,34,35). The first-order chi connectivity index (χ1) is 18.4. The molecule has 10 nitrogen and oxygen atoms in total. The molecule has 4 N–H and O–H groups in total. The molecule has 0 saturated carbocycles. The Labute approximate surface area is 220 Å². The second kappa shape index (κ2) is 10.4. The average molecular weight is 511 g/mol. The molecule has 1 amide bonds. The van der Waals surface area contributed by atoms with Crippen LogP contribution in [0.1, 0.15) is 31.5 Å². The summed E-state index contributed by atoms with van der Waals surface area (Å²) in [4.78, 5) is 28.6. The Morgan fingerprint density at radius 3 is 2.74 bits per heavy atom. The second-order valence-corrected chi connectivity index (χ2v) is 9.07. The van der Waals surface area contributed by atoms with E-state index in [1.807, 2.05) is 68.7 Å². The summed E-state index contributed by atoms with van der Waals surface area (Å²) in [5.41, 5.74) is 11.1. The van der Waals surface area contributed by atoms with Gasteiger partial charge in [-0.2, -0.15) is 5.10 Å². The van der Waals surface area contributed by atoms with Crippen LogP contribution < -0.4 is 11.1 Å². The molecule has 0 aliphatic rings. The molecule has 4 aromatic heterocycles. The average Bonchev–Trinajstić information content (AvgIpc) is 3.59. The van der Waals surface area contributed by atoms with Crippen LogP contribution in [-0.4, -0.2) is 49.3 Å². The molecule has 0 saturated heterocycles. The van der Waals surface area contributed by atoms with Crippen molar-refractivity contribution in [3.05, 3.63) is 78.5 Å². The zero-order chi connectivity index (χ0) is 26.7. The van der Waals surface area contributed by atoms with Crippen LogP contribution in [0.25, 0.3) is 33.4 Å². The maximum atomic E-state index is 11.6. The molecule has 0 radical (unpaired) electrons. The van der Waals surface area contributed by atoms with Gasteiger partial charge in [0.15, 0.2) is 0 Å². The number of hydrogen-bond donors (Lipinski definition) is 3.